The summed E-state index contributed by atoms with van der Waals surface area (Å²) >= 11 is 7.29. The molecule has 3 aromatic rings. The molecule has 106 valence electrons. The molecule has 0 amide bonds. The van der Waals surface area contributed by atoms with E-state index in [4.69, 9.17) is 11.6 Å². The maximum atomic E-state index is 12.2. The number of hydrogen-bond acceptors (Lipinski definition) is 3. The molecule has 2 aromatic carbocycles. The van der Waals surface area contributed by atoms with Gasteiger partial charge in [-0.05, 0) is 36.8 Å². The standard InChI is InChI=1S/C16H12ClNO2S/c1-9-7-11-13(8-12(9)17)18-16(20)15(14(11)19)21-10-5-3-2-4-6-10/h2-8H,1H3,(H2,18,19,20). The molecule has 0 aliphatic carbocycles. The molecule has 3 rings (SSSR count). The molecule has 0 saturated carbocycles. The quantitative estimate of drug-likeness (QED) is 0.739. The fourth-order valence-corrected chi connectivity index (χ4v) is 3.13. The number of aromatic nitrogens is 1. The zero-order chi connectivity index (χ0) is 15.0. The van der Waals surface area contributed by atoms with Crippen LogP contribution in [0.3, 0.4) is 0 Å². The van der Waals surface area contributed by atoms with Gasteiger partial charge in [-0.1, -0.05) is 41.6 Å². The molecule has 0 fully saturated rings. The number of aromatic hydroxyl groups is 1. The SMILES string of the molecule is Cc1cc2c(O)c(Sc3ccccc3)c(=O)[nH]c2cc1Cl. The molecule has 0 spiro atoms. The summed E-state index contributed by atoms with van der Waals surface area (Å²) in [7, 11) is 0. The van der Waals surface area contributed by atoms with Gasteiger partial charge in [-0.3, -0.25) is 4.79 Å². The fraction of sp³-hybridized carbons (Fsp3) is 0.0625. The largest absolute Gasteiger partial charge is 0.506 e. The Morgan fingerprint density at radius 2 is 1.90 bits per heavy atom. The summed E-state index contributed by atoms with van der Waals surface area (Å²) < 4.78 is 0. The lowest BCUT2D eigenvalue weighted by atomic mass is 10.1. The van der Waals surface area contributed by atoms with Crippen LogP contribution in [0, 0.1) is 6.92 Å². The first-order chi connectivity index (χ1) is 10.1. The van der Waals surface area contributed by atoms with Crippen molar-refractivity contribution in [2.45, 2.75) is 16.7 Å². The van der Waals surface area contributed by atoms with E-state index < -0.39 is 0 Å². The molecule has 1 aromatic heterocycles. The average Bonchev–Trinajstić information content (AvgIpc) is 2.47. The van der Waals surface area contributed by atoms with Crippen LogP contribution < -0.4 is 5.56 Å². The Bertz CT molecular complexity index is 875. The Morgan fingerprint density at radius 1 is 1.19 bits per heavy atom. The van der Waals surface area contributed by atoms with Crippen LogP contribution in [0.1, 0.15) is 5.56 Å². The van der Waals surface area contributed by atoms with Gasteiger partial charge in [0.15, 0.2) is 0 Å². The van der Waals surface area contributed by atoms with Gasteiger partial charge in [0, 0.05) is 15.3 Å². The van der Waals surface area contributed by atoms with Gasteiger partial charge in [0.05, 0.1) is 5.52 Å². The second kappa shape index (κ2) is 5.47. The molecular formula is C16H12ClNO2S. The molecule has 3 nitrogen and oxygen atoms in total. The summed E-state index contributed by atoms with van der Waals surface area (Å²) in [5.74, 6) is -0.0117. The van der Waals surface area contributed by atoms with E-state index in [-0.39, 0.29) is 16.2 Å². The highest BCUT2D eigenvalue weighted by atomic mass is 35.5. The lowest BCUT2D eigenvalue weighted by Crippen LogP contribution is -2.08. The van der Waals surface area contributed by atoms with Gasteiger partial charge >= 0.3 is 0 Å². The van der Waals surface area contributed by atoms with Gasteiger partial charge in [-0.25, -0.2) is 0 Å². The molecule has 1 heterocycles. The van der Waals surface area contributed by atoms with Crippen LogP contribution >= 0.6 is 23.4 Å². The van der Waals surface area contributed by atoms with Crippen LogP contribution in [0.2, 0.25) is 5.02 Å². The minimum absolute atomic E-state index is 0.0117. The van der Waals surface area contributed by atoms with Crippen LogP contribution in [-0.4, -0.2) is 10.1 Å². The summed E-state index contributed by atoms with van der Waals surface area (Å²) in [6.45, 7) is 1.86. The third kappa shape index (κ3) is 2.64. The van der Waals surface area contributed by atoms with E-state index in [1.807, 2.05) is 37.3 Å². The smallest absolute Gasteiger partial charge is 0.266 e. The first-order valence-corrected chi connectivity index (χ1v) is 7.53. The summed E-state index contributed by atoms with van der Waals surface area (Å²) in [5.41, 5.74) is 1.06. The highest BCUT2D eigenvalue weighted by Gasteiger charge is 2.14. The van der Waals surface area contributed by atoms with Crippen LogP contribution in [0.15, 0.2) is 57.1 Å². The number of pyridine rings is 1. The maximum absolute atomic E-state index is 12.2. The number of benzene rings is 2. The van der Waals surface area contributed by atoms with Crippen molar-refractivity contribution in [3.63, 3.8) is 0 Å². The summed E-state index contributed by atoms with van der Waals surface area (Å²) in [6, 6.07) is 12.9. The summed E-state index contributed by atoms with van der Waals surface area (Å²) in [4.78, 5) is 16.1. The number of aryl methyl sites for hydroxylation is 1. The van der Waals surface area contributed by atoms with Crippen molar-refractivity contribution in [2.75, 3.05) is 0 Å². The minimum Gasteiger partial charge on any atom is -0.506 e. The van der Waals surface area contributed by atoms with E-state index in [0.717, 1.165) is 10.5 Å². The van der Waals surface area contributed by atoms with E-state index >= 15 is 0 Å². The summed E-state index contributed by atoms with van der Waals surface area (Å²) in [5, 5.41) is 11.6. The fourth-order valence-electron chi connectivity index (χ4n) is 2.09. The average molecular weight is 318 g/mol. The zero-order valence-electron chi connectivity index (χ0n) is 11.2. The second-order valence-corrected chi connectivity index (χ2v) is 6.18. The maximum Gasteiger partial charge on any atom is 0.266 e. The van der Waals surface area contributed by atoms with Crippen LogP contribution in [0.25, 0.3) is 10.9 Å². The zero-order valence-corrected chi connectivity index (χ0v) is 12.8. The number of nitrogens with one attached hydrogen (secondary N) is 1. The molecular weight excluding hydrogens is 306 g/mol. The molecule has 0 saturated heterocycles. The Labute approximate surface area is 130 Å². The van der Waals surface area contributed by atoms with E-state index in [0.29, 0.717) is 15.9 Å². The van der Waals surface area contributed by atoms with Crippen LogP contribution in [0.4, 0.5) is 0 Å². The number of aromatic amines is 1. The number of H-pyrrole nitrogens is 1. The molecule has 0 radical (unpaired) electrons. The lowest BCUT2D eigenvalue weighted by molar-refractivity contribution is 0.467. The van der Waals surface area contributed by atoms with Crippen LogP contribution in [0.5, 0.6) is 5.75 Å². The third-order valence-corrected chi connectivity index (χ3v) is 4.68. The molecule has 0 aliphatic rings. The topological polar surface area (TPSA) is 53.1 Å². The first-order valence-electron chi connectivity index (χ1n) is 6.34. The van der Waals surface area contributed by atoms with E-state index in [2.05, 4.69) is 4.98 Å². The van der Waals surface area contributed by atoms with Crippen molar-refractivity contribution in [2.24, 2.45) is 0 Å². The van der Waals surface area contributed by atoms with Crippen molar-refractivity contribution >= 4 is 34.3 Å². The van der Waals surface area contributed by atoms with E-state index in [1.165, 1.54) is 11.8 Å². The van der Waals surface area contributed by atoms with Crippen molar-refractivity contribution in [3.8, 4) is 5.75 Å². The molecule has 2 N–H and O–H groups in total. The Morgan fingerprint density at radius 3 is 2.62 bits per heavy atom. The van der Waals surface area contributed by atoms with Crippen molar-refractivity contribution in [3.05, 3.63) is 63.4 Å². The van der Waals surface area contributed by atoms with E-state index in [9.17, 15) is 9.90 Å². The number of hydrogen-bond donors (Lipinski definition) is 2. The second-order valence-electron chi connectivity index (χ2n) is 4.69. The number of fused-ring (bicyclic) bond motifs is 1. The van der Waals surface area contributed by atoms with Gasteiger partial charge in [0.2, 0.25) is 0 Å². The van der Waals surface area contributed by atoms with Crippen LogP contribution in [-0.2, 0) is 0 Å². The molecule has 0 bridgehead atoms. The Balaban J connectivity index is 2.20. The van der Waals surface area contributed by atoms with E-state index in [1.54, 1.807) is 12.1 Å². The predicted octanol–water partition coefficient (Wildman–Crippen LogP) is 4.35. The normalized spacial score (nSPS) is 11.0. The molecule has 0 unspecified atom stereocenters. The Kier molecular flexibility index (Phi) is 3.66. The van der Waals surface area contributed by atoms with Crippen molar-refractivity contribution < 1.29 is 5.11 Å². The van der Waals surface area contributed by atoms with Crippen molar-refractivity contribution in [1.29, 1.82) is 0 Å². The molecule has 21 heavy (non-hydrogen) atoms. The monoisotopic (exact) mass is 317 g/mol. The first kappa shape index (κ1) is 14.0. The van der Waals surface area contributed by atoms with Gasteiger partial charge in [-0.2, -0.15) is 0 Å². The minimum atomic E-state index is -0.325. The molecule has 0 atom stereocenters. The number of rotatable bonds is 2. The highest BCUT2D eigenvalue weighted by molar-refractivity contribution is 7.99. The van der Waals surface area contributed by atoms with Gasteiger partial charge < -0.3 is 10.1 Å². The van der Waals surface area contributed by atoms with Gasteiger partial charge in [0.1, 0.15) is 10.6 Å². The highest BCUT2D eigenvalue weighted by Crippen LogP contribution is 2.36. The molecule has 0 aliphatic heterocycles. The molecule has 5 heteroatoms. The summed E-state index contributed by atoms with van der Waals surface area (Å²) in [6.07, 6.45) is 0. The van der Waals surface area contributed by atoms with Gasteiger partial charge in [0.25, 0.3) is 5.56 Å². The Hall–Kier alpha value is -1.91. The predicted molar refractivity (Wildman–Crippen MR) is 86.5 cm³/mol. The lowest BCUT2D eigenvalue weighted by Gasteiger charge is -2.09. The number of halogens is 1. The van der Waals surface area contributed by atoms with Crippen molar-refractivity contribution in [1.82, 2.24) is 4.98 Å². The third-order valence-electron chi connectivity index (χ3n) is 3.19. The van der Waals surface area contributed by atoms with Gasteiger partial charge in [-0.15, -0.1) is 0 Å².